The van der Waals surface area contributed by atoms with E-state index in [1.165, 1.54) is 0 Å². The molecule has 2 aliphatic heterocycles. The number of benzene rings is 1. The normalized spacial score (nSPS) is 24.6. The van der Waals surface area contributed by atoms with Crippen LogP contribution in [0.25, 0.3) is 0 Å². The summed E-state index contributed by atoms with van der Waals surface area (Å²) in [6.07, 6.45) is 2.71. The Balaban J connectivity index is 1.43. The highest BCUT2D eigenvalue weighted by Crippen LogP contribution is 2.37. The van der Waals surface area contributed by atoms with E-state index in [4.69, 9.17) is 4.74 Å². The zero-order valence-corrected chi connectivity index (χ0v) is 14.0. The molecule has 7 heteroatoms. The van der Waals surface area contributed by atoms with Gasteiger partial charge >= 0.3 is 0 Å². The Bertz CT molecular complexity index is 774. The van der Waals surface area contributed by atoms with Crippen LogP contribution < -0.4 is 10.6 Å². The van der Waals surface area contributed by atoms with Crippen molar-refractivity contribution >= 4 is 11.6 Å². The third kappa shape index (κ3) is 3.05. The second kappa shape index (κ2) is 6.57. The molecule has 2 bridgehead atoms. The number of nitrogens with one attached hydrogen (secondary N) is 3. The zero-order valence-electron chi connectivity index (χ0n) is 14.0. The van der Waals surface area contributed by atoms with Gasteiger partial charge in [0.15, 0.2) is 11.5 Å². The maximum atomic E-state index is 14.1. The van der Waals surface area contributed by atoms with E-state index in [1.807, 2.05) is 19.1 Å². The molecule has 0 unspecified atom stereocenters. The number of carbonyl (C=O) groups is 1. The van der Waals surface area contributed by atoms with Crippen LogP contribution in [0.3, 0.4) is 0 Å². The smallest absolute Gasteiger partial charge is 0.279 e. The highest BCUT2D eigenvalue weighted by atomic mass is 19.1. The van der Waals surface area contributed by atoms with Crippen LogP contribution in [0.2, 0.25) is 0 Å². The third-order valence-electron chi connectivity index (χ3n) is 4.82. The highest BCUT2D eigenvalue weighted by Gasteiger charge is 2.41. The number of fused-ring (bicyclic) bond motifs is 2. The lowest BCUT2D eigenvalue weighted by Crippen LogP contribution is -2.33. The second-order valence-electron chi connectivity index (χ2n) is 6.62. The van der Waals surface area contributed by atoms with Gasteiger partial charge in [-0.25, -0.2) is 4.39 Å². The van der Waals surface area contributed by atoms with Gasteiger partial charge in [-0.1, -0.05) is 25.5 Å². The number of rotatable bonds is 5. The molecular weight excluding hydrogens is 323 g/mol. The molecule has 0 radical (unpaired) electrons. The number of halogens is 1. The molecule has 1 amide bonds. The van der Waals surface area contributed by atoms with Crippen molar-refractivity contribution in [3.05, 3.63) is 47.0 Å². The zero-order chi connectivity index (χ0) is 17.4. The molecule has 1 aromatic carbocycles. The molecule has 132 valence electrons. The lowest BCUT2D eigenvalue weighted by molar-refractivity contribution is 0.0160. The Kier molecular flexibility index (Phi) is 4.27. The molecular formula is C18H21FN4O2. The van der Waals surface area contributed by atoms with E-state index in [0.717, 1.165) is 24.9 Å². The minimum Gasteiger partial charge on any atom is -0.367 e. The SMILES string of the molecule is CCCc1[nH]nc(C(=O)Nc2ccc([C@@H]3O[C@H]4CN[C@@H]3C4)cc2)c1F. The van der Waals surface area contributed by atoms with Crippen molar-refractivity contribution in [3.8, 4) is 0 Å². The van der Waals surface area contributed by atoms with E-state index in [9.17, 15) is 9.18 Å². The summed E-state index contributed by atoms with van der Waals surface area (Å²) in [7, 11) is 0. The van der Waals surface area contributed by atoms with Crippen molar-refractivity contribution in [1.82, 2.24) is 15.5 Å². The van der Waals surface area contributed by atoms with Crippen LogP contribution in [-0.4, -0.2) is 34.8 Å². The molecule has 2 aromatic rings. The topological polar surface area (TPSA) is 79.0 Å². The first-order valence-electron chi connectivity index (χ1n) is 8.68. The Morgan fingerprint density at radius 2 is 2.20 bits per heavy atom. The standard InChI is InChI=1S/C18H21FN4O2/c1-2-3-13-15(19)16(23-22-13)18(24)21-11-6-4-10(5-7-11)17-14-8-12(25-17)9-20-14/h4-7,12,14,17,20H,2-3,8-9H2,1H3,(H,21,24)(H,22,23)/t12-,14-,17+/m1/s1. The fourth-order valence-corrected chi connectivity index (χ4v) is 3.56. The van der Waals surface area contributed by atoms with Crippen molar-refractivity contribution in [2.45, 2.75) is 44.4 Å². The Morgan fingerprint density at radius 1 is 1.40 bits per heavy atom. The molecule has 25 heavy (non-hydrogen) atoms. The summed E-state index contributed by atoms with van der Waals surface area (Å²) >= 11 is 0. The molecule has 2 saturated heterocycles. The molecule has 6 nitrogen and oxygen atoms in total. The average molecular weight is 344 g/mol. The average Bonchev–Trinajstić information content (AvgIpc) is 3.33. The van der Waals surface area contributed by atoms with Gasteiger partial charge in [-0.2, -0.15) is 5.10 Å². The monoisotopic (exact) mass is 344 g/mol. The number of aryl methyl sites for hydroxylation is 1. The lowest BCUT2D eigenvalue weighted by Gasteiger charge is -2.23. The minimum absolute atomic E-state index is 0.0592. The van der Waals surface area contributed by atoms with Gasteiger partial charge in [-0.15, -0.1) is 0 Å². The summed E-state index contributed by atoms with van der Waals surface area (Å²) < 4.78 is 20.1. The summed E-state index contributed by atoms with van der Waals surface area (Å²) in [5, 5.41) is 12.5. The van der Waals surface area contributed by atoms with Gasteiger partial charge in [0.1, 0.15) is 0 Å². The fourth-order valence-electron chi connectivity index (χ4n) is 3.56. The number of ether oxygens (including phenoxy) is 1. The van der Waals surface area contributed by atoms with E-state index in [0.29, 0.717) is 29.9 Å². The van der Waals surface area contributed by atoms with Crippen LogP contribution in [0.5, 0.6) is 0 Å². The Labute approximate surface area is 145 Å². The summed E-state index contributed by atoms with van der Waals surface area (Å²) in [6, 6.07) is 7.85. The molecule has 3 atom stereocenters. The van der Waals surface area contributed by atoms with Crippen LogP contribution in [0, 0.1) is 5.82 Å². The quantitative estimate of drug-likeness (QED) is 0.779. The number of morpholine rings is 1. The molecule has 2 aliphatic rings. The number of aromatic amines is 1. The number of hydrogen-bond acceptors (Lipinski definition) is 4. The number of H-pyrrole nitrogens is 1. The van der Waals surface area contributed by atoms with Crippen molar-refractivity contribution < 1.29 is 13.9 Å². The van der Waals surface area contributed by atoms with Crippen LogP contribution in [-0.2, 0) is 11.2 Å². The number of aromatic nitrogens is 2. The third-order valence-corrected chi connectivity index (χ3v) is 4.82. The summed E-state index contributed by atoms with van der Waals surface area (Å²) in [4.78, 5) is 12.2. The number of nitrogens with zero attached hydrogens (tertiary/aromatic N) is 1. The van der Waals surface area contributed by atoms with Gasteiger partial charge < -0.3 is 15.4 Å². The van der Waals surface area contributed by atoms with Crippen LogP contribution in [0.4, 0.5) is 10.1 Å². The van der Waals surface area contributed by atoms with Crippen molar-refractivity contribution in [1.29, 1.82) is 0 Å². The van der Waals surface area contributed by atoms with E-state index in [2.05, 4.69) is 20.8 Å². The molecule has 3 N–H and O–H groups in total. The molecule has 3 heterocycles. The Morgan fingerprint density at radius 3 is 2.84 bits per heavy atom. The molecule has 1 aromatic heterocycles. The van der Waals surface area contributed by atoms with Crippen molar-refractivity contribution in [2.24, 2.45) is 0 Å². The second-order valence-corrected chi connectivity index (χ2v) is 6.62. The number of hydrogen-bond donors (Lipinski definition) is 3. The first-order valence-corrected chi connectivity index (χ1v) is 8.68. The number of carbonyl (C=O) groups excluding carboxylic acids is 1. The largest absolute Gasteiger partial charge is 0.367 e. The number of amides is 1. The highest BCUT2D eigenvalue weighted by molar-refractivity contribution is 6.03. The van der Waals surface area contributed by atoms with Crippen LogP contribution >= 0.6 is 0 Å². The molecule has 0 aliphatic carbocycles. The predicted molar refractivity (Wildman–Crippen MR) is 91.0 cm³/mol. The summed E-state index contributed by atoms with van der Waals surface area (Å²) in [6.45, 7) is 2.86. The van der Waals surface area contributed by atoms with Gasteiger partial charge in [0, 0.05) is 18.3 Å². The van der Waals surface area contributed by atoms with Crippen LogP contribution in [0.15, 0.2) is 24.3 Å². The minimum atomic E-state index is -0.572. The van der Waals surface area contributed by atoms with Gasteiger partial charge in [0.05, 0.1) is 17.9 Å². The van der Waals surface area contributed by atoms with Gasteiger partial charge in [-0.3, -0.25) is 9.89 Å². The molecule has 0 saturated carbocycles. The van der Waals surface area contributed by atoms with Gasteiger partial charge in [0.25, 0.3) is 5.91 Å². The maximum absolute atomic E-state index is 14.1. The van der Waals surface area contributed by atoms with Crippen LogP contribution in [0.1, 0.15) is 47.6 Å². The van der Waals surface area contributed by atoms with E-state index >= 15 is 0 Å². The maximum Gasteiger partial charge on any atom is 0.279 e. The van der Waals surface area contributed by atoms with E-state index in [-0.39, 0.29) is 11.8 Å². The molecule has 4 rings (SSSR count). The Hall–Kier alpha value is -2.25. The first-order chi connectivity index (χ1) is 12.2. The lowest BCUT2D eigenvalue weighted by atomic mass is 10.0. The first kappa shape index (κ1) is 16.2. The van der Waals surface area contributed by atoms with E-state index in [1.54, 1.807) is 12.1 Å². The number of anilines is 1. The molecule has 2 fully saturated rings. The van der Waals surface area contributed by atoms with E-state index < -0.39 is 11.7 Å². The summed E-state index contributed by atoms with van der Waals surface area (Å²) in [5.41, 5.74) is 1.84. The predicted octanol–water partition coefficient (Wildman–Crippen LogP) is 2.56. The van der Waals surface area contributed by atoms with Crippen molar-refractivity contribution in [3.63, 3.8) is 0 Å². The van der Waals surface area contributed by atoms with Crippen molar-refractivity contribution in [2.75, 3.05) is 11.9 Å². The molecule has 0 spiro atoms. The van der Waals surface area contributed by atoms with Gasteiger partial charge in [-0.05, 0) is 30.5 Å². The summed E-state index contributed by atoms with van der Waals surface area (Å²) in [5.74, 6) is -1.13. The van der Waals surface area contributed by atoms with Gasteiger partial charge in [0.2, 0.25) is 0 Å². The fraction of sp³-hybridized carbons (Fsp3) is 0.444.